The Morgan fingerprint density at radius 3 is 1.57 bits per heavy atom. The average Bonchev–Trinajstić information content (AvgIpc) is 3.08. The predicted octanol–water partition coefficient (Wildman–Crippen LogP) is 4.81. The van der Waals surface area contributed by atoms with E-state index in [2.05, 4.69) is 27.7 Å². The van der Waals surface area contributed by atoms with Crippen molar-refractivity contribution in [3.63, 3.8) is 0 Å². The first-order valence-electron chi connectivity index (χ1n) is 9.68. The van der Waals surface area contributed by atoms with Crippen molar-refractivity contribution in [2.75, 3.05) is 0 Å². The van der Waals surface area contributed by atoms with E-state index in [4.69, 9.17) is 9.47 Å². The van der Waals surface area contributed by atoms with Gasteiger partial charge in [0.05, 0.1) is 23.4 Å². The van der Waals surface area contributed by atoms with Gasteiger partial charge in [-0.2, -0.15) is 0 Å². The topological polar surface area (TPSA) is 50.0 Å². The second kappa shape index (κ2) is 7.01. The van der Waals surface area contributed by atoms with Gasteiger partial charge in [0.1, 0.15) is 0 Å². The van der Waals surface area contributed by atoms with Crippen LogP contribution in [-0.4, -0.2) is 28.9 Å². The standard InChI is InChI=1S/C20H36O2.H2O/c1-18(2)13-14-19(3,21-16-9-5-6-10-16)20(4,15-18)22-17-11-7-8-12-17;/h16-17H,5-15H2,1-4H3;1H2. The molecule has 3 heteroatoms. The summed E-state index contributed by atoms with van der Waals surface area (Å²) >= 11 is 0. The highest BCUT2D eigenvalue weighted by atomic mass is 16.6. The van der Waals surface area contributed by atoms with E-state index in [9.17, 15) is 0 Å². The third kappa shape index (κ3) is 4.11. The van der Waals surface area contributed by atoms with E-state index in [1.165, 1.54) is 57.8 Å². The molecule has 2 N–H and O–H groups in total. The van der Waals surface area contributed by atoms with Crippen LogP contribution < -0.4 is 0 Å². The van der Waals surface area contributed by atoms with Gasteiger partial charge in [-0.3, -0.25) is 0 Å². The Kier molecular flexibility index (Phi) is 5.86. The molecule has 23 heavy (non-hydrogen) atoms. The van der Waals surface area contributed by atoms with Crippen molar-refractivity contribution in [2.24, 2.45) is 5.41 Å². The monoisotopic (exact) mass is 326 g/mol. The summed E-state index contributed by atoms with van der Waals surface area (Å²) in [5.41, 5.74) is 0.123. The maximum atomic E-state index is 6.78. The van der Waals surface area contributed by atoms with Gasteiger partial charge in [-0.15, -0.1) is 0 Å². The molecule has 136 valence electrons. The second-order valence-corrected chi connectivity index (χ2v) is 9.35. The maximum absolute atomic E-state index is 6.78. The summed E-state index contributed by atoms with van der Waals surface area (Å²) in [5.74, 6) is 0. The Balaban J connectivity index is 0.00000192. The third-order valence-electron chi connectivity index (χ3n) is 6.67. The van der Waals surface area contributed by atoms with Gasteiger partial charge < -0.3 is 14.9 Å². The molecular formula is C20H38O3. The molecule has 3 saturated carbocycles. The molecule has 3 aliphatic carbocycles. The Morgan fingerprint density at radius 1 is 0.652 bits per heavy atom. The van der Waals surface area contributed by atoms with Crippen LogP contribution in [0.4, 0.5) is 0 Å². The number of hydrogen-bond donors (Lipinski definition) is 0. The van der Waals surface area contributed by atoms with Crippen LogP contribution in [0.15, 0.2) is 0 Å². The van der Waals surface area contributed by atoms with Crippen molar-refractivity contribution in [2.45, 2.75) is 122 Å². The van der Waals surface area contributed by atoms with E-state index in [1.54, 1.807) is 0 Å². The highest BCUT2D eigenvalue weighted by molar-refractivity contribution is 5.05. The molecule has 3 nitrogen and oxygen atoms in total. The van der Waals surface area contributed by atoms with E-state index in [-0.39, 0.29) is 16.7 Å². The lowest BCUT2D eigenvalue weighted by molar-refractivity contribution is -0.258. The van der Waals surface area contributed by atoms with Gasteiger partial charge in [-0.25, -0.2) is 0 Å². The van der Waals surface area contributed by atoms with Crippen molar-refractivity contribution >= 4 is 0 Å². The summed E-state index contributed by atoms with van der Waals surface area (Å²) in [6.45, 7) is 9.49. The first kappa shape index (κ1) is 19.2. The lowest BCUT2D eigenvalue weighted by Crippen LogP contribution is -2.60. The van der Waals surface area contributed by atoms with E-state index in [1.807, 2.05) is 0 Å². The molecule has 3 aliphatic rings. The molecule has 3 fully saturated rings. The van der Waals surface area contributed by atoms with Crippen molar-refractivity contribution in [3.8, 4) is 0 Å². The van der Waals surface area contributed by atoms with E-state index in [0.717, 1.165) is 12.8 Å². The van der Waals surface area contributed by atoms with Crippen molar-refractivity contribution in [1.29, 1.82) is 0 Å². The smallest absolute Gasteiger partial charge is 0.0949 e. The van der Waals surface area contributed by atoms with Crippen LogP contribution in [0.5, 0.6) is 0 Å². The molecule has 0 aromatic carbocycles. The van der Waals surface area contributed by atoms with Crippen LogP contribution in [-0.2, 0) is 9.47 Å². The Morgan fingerprint density at radius 2 is 1.09 bits per heavy atom. The molecule has 0 radical (unpaired) electrons. The molecular weight excluding hydrogens is 288 g/mol. The van der Waals surface area contributed by atoms with E-state index in [0.29, 0.717) is 17.6 Å². The number of hydrogen-bond acceptors (Lipinski definition) is 2. The minimum atomic E-state index is -0.133. The van der Waals surface area contributed by atoms with E-state index >= 15 is 0 Å². The first-order valence-corrected chi connectivity index (χ1v) is 9.68. The molecule has 0 aromatic heterocycles. The molecule has 0 aromatic rings. The summed E-state index contributed by atoms with van der Waals surface area (Å²) in [5, 5.41) is 0. The molecule has 2 unspecified atom stereocenters. The summed E-state index contributed by atoms with van der Waals surface area (Å²) < 4.78 is 13.5. The van der Waals surface area contributed by atoms with Crippen LogP contribution in [0, 0.1) is 5.41 Å². The van der Waals surface area contributed by atoms with Crippen molar-refractivity contribution in [3.05, 3.63) is 0 Å². The fourth-order valence-corrected chi connectivity index (χ4v) is 5.13. The normalized spacial score (nSPS) is 38.6. The van der Waals surface area contributed by atoms with E-state index < -0.39 is 0 Å². The van der Waals surface area contributed by atoms with Crippen LogP contribution in [0.3, 0.4) is 0 Å². The maximum Gasteiger partial charge on any atom is 0.0949 e. The largest absolute Gasteiger partial charge is 0.412 e. The van der Waals surface area contributed by atoms with Gasteiger partial charge in [-0.1, -0.05) is 39.5 Å². The van der Waals surface area contributed by atoms with Crippen LogP contribution >= 0.6 is 0 Å². The van der Waals surface area contributed by atoms with Gasteiger partial charge >= 0.3 is 0 Å². The van der Waals surface area contributed by atoms with Gasteiger partial charge in [-0.05, 0) is 64.2 Å². The fourth-order valence-electron chi connectivity index (χ4n) is 5.13. The number of rotatable bonds is 4. The highest BCUT2D eigenvalue weighted by Gasteiger charge is 2.55. The molecule has 0 saturated heterocycles. The molecule has 2 atom stereocenters. The molecule has 0 bridgehead atoms. The van der Waals surface area contributed by atoms with Crippen molar-refractivity contribution < 1.29 is 14.9 Å². The quantitative estimate of drug-likeness (QED) is 0.744. The zero-order chi connectivity index (χ0) is 15.8. The summed E-state index contributed by atoms with van der Waals surface area (Å²) in [6, 6.07) is 0. The molecule has 0 aliphatic heterocycles. The van der Waals surface area contributed by atoms with Crippen LogP contribution in [0.25, 0.3) is 0 Å². The Labute approximate surface area is 142 Å². The minimum Gasteiger partial charge on any atom is -0.412 e. The Hall–Kier alpha value is -0.120. The third-order valence-corrected chi connectivity index (χ3v) is 6.67. The summed E-state index contributed by atoms with van der Waals surface area (Å²) in [7, 11) is 0. The molecule has 0 amide bonds. The summed E-state index contributed by atoms with van der Waals surface area (Å²) in [4.78, 5) is 0. The lowest BCUT2D eigenvalue weighted by Gasteiger charge is -2.55. The zero-order valence-corrected chi connectivity index (χ0v) is 15.7. The van der Waals surface area contributed by atoms with Gasteiger partial charge in [0.2, 0.25) is 0 Å². The fraction of sp³-hybridized carbons (Fsp3) is 1.00. The second-order valence-electron chi connectivity index (χ2n) is 9.35. The molecule has 0 heterocycles. The highest BCUT2D eigenvalue weighted by Crippen LogP contribution is 2.52. The predicted molar refractivity (Wildman–Crippen MR) is 94.7 cm³/mol. The minimum absolute atomic E-state index is 0. The number of ether oxygens (including phenoxy) is 2. The van der Waals surface area contributed by atoms with Gasteiger partial charge in [0.15, 0.2) is 0 Å². The molecule has 3 rings (SSSR count). The van der Waals surface area contributed by atoms with Gasteiger partial charge in [0.25, 0.3) is 0 Å². The first-order chi connectivity index (χ1) is 10.3. The average molecular weight is 327 g/mol. The van der Waals surface area contributed by atoms with Gasteiger partial charge in [0, 0.05) is 0 Å². The zero-order valence-electron chi connectivity index (χ0n) is 15.7. The summed E-state index contributed by atoms with van der Waals surface area (Å²) in [6.07, 6.45) is 14.8. The SMILES string of the molecule is CC1(C)CCC(C)(OC2CCCC2)C(C)(OC2CCCC2)C1.O. The molecule has 0 spiro atoms. The van der Waals surface area contributed by atoms with Crippen LogP contribution in [0.2, 0.25) is 0 Å². The van der Waals surface area contributed by atoms with Crippen molar-refractivity contribution in [1.82, 2.24) is 0 Å². The van der Waals surface area contributed by atoms with Crippen LogP contribution in [0.1, 0.15) is 98.3 Å². The Bertz CT molecular complexity index is 382. The lowest BCUT2D eigenvalue weighted by atomic mass is 9.63.